The molecule has 0 radical (unpaired) electrons. The van der Waals surface area contributed by atoms with Gasteiger partial charge in [0.1, 0.15) is 0 Å². The van der Waals surface area contributed by atoms with Crippen LogP contribution in [0.25, 0.3) is 6.08 Å². The summed E-state index contributed by atoms with van der Waals surface area (Å²) in [6.45, 7) is 5.86. The van der Waals surface area contributed by atoms with E-state index < -0.39 is 12.0 Å². The first-order valence-electron chi connectivity index (χ1n) is 9.82. The van der Waals surface area contributed by atoms with Crippen LogP contribution in [0.5, 0.6) is 0 Å². The number of allylic oxidation sites excluding steroid dienone is 1. The van der Waals surface area contributed by atoms with Crippen molar-refractivity contribution in [1.82, 2.24) is 4.57 Å². The number of esters is 1. The van der Waals surface area contributed by atoms with E-state index in [1.807, 2.05) is 55.0 Å². The third-order valence-corrected chi connectivity index (χ3v) is 7.80. The van der Waals surface area contributed by atoms with E-state index in [4.69, 9.17) is 4.74 Å². The van der Waals surface area contributed by atoms with Crippen molar-refractivity contribution in [3.63, 3.8) is 0 Å². The number of ether oxygens (including phenoxy) is 1. The lowest BCUT2D eigenvalue weighted by Crippen LogP contribution is -2.39. The Morgan fingerprint density at radius 3 is 2.61 bits per heavy atom. The van der Waals surface area contributed by atoms with Crippen molar-refractivity contribution in [2.75, 3.05) is 12.9 Å². The Hall–Kier alpha value is -2.42. The lowest BCUT2D eigenvalue weighted by molar-refractivity contribution is -0.139. The Morgan fingerprint density at radius 1 is 1.26 bits per heavy atom. The van der Waals surface area contributed by atoms with Crippen molar-refractivity contribution >= 4 is 46.5 Å². The highest BCUT2D eigenvalue weighted by atomic mass is 32.2. The summed E-state index contributed by atoms with van der Waals surface area (Å²) in [6.07, 6.45) is 3.93. The number of thiazole rings is 1. The summed E-state index contributed by atoms with van der Waals surface area (Å²) in [5.74, 6) is -0.439. The Bertz CT molecular complexity index is 1340. The van der Waals surface area contributed by atoms with Crippen LogP contribution in [0.3, 0.4) is 0 Å². The number of benzene rings is 1. The summed E-state index contributed by atoms with van der Waals surface area (Å²) in [4.78, 5) is 33.7. The standard InChI is InChI=1S/C23H22N2O3S3/c1-5-28-22(27)19-14(3)24-23-25(20(19)15-6-8-16(29-4)9-7-15)21(26)18(31-23)12-17-13(2)10-11-30-17/h6-12,20H,5H2,1-4H3. The number of thioether (sulfide) groups is 1. The number of aromatic nitrogens is 1. The second-order valence-electron chi connectivity index (χ2n) is 7.04. The largest absolute Gasteiger partial charge is 0.463 e. The van der Waals surface area contributed by atoms with Crippen LogP contribution in [0.2, 0.25) is 0 Å². The number of hydrogen-bond acceptors (Lipinski definition) is 7. The van der Waals surface area contributed by atoms with E-state index in [2.05, 4.69) is 4.99 Å². The minimum atomic E-state index is -0.571. The fourth-order valence-corrected chi connectivity index (χ4v) is 5.91. The highest BCUT2D eigenvalue weighted by molar-refractivity contribution is 7.98. The van der Waals surface area contributed by atoms with Gasteiger partial charge in [0.25, 0.3) is 5.56 Å². The van der Waals surface area contributed by atoms with Gasteiger partial charge in [-0.05, 0) is 67.8 Å². The molecule has 0 saturated heterocycles. The Balaban J connectivity index is 1.96. The number of nitrogens with zero attached hydrogens (tertiary/aromatic N) is 2. The van der Waals surface area contributed by atoms with Crippen LogP contribution in [0.1, 0.15) is 35.9 Å². The maximum atomic E-state index is 13.5. The zero-order valence-electron chi connectivity index (χ0n) is 17.7. The molecule has 8 heteroatoms. The van der Waals surface area contributed by atoms with Crippen LogP contribution in [0.4, 0.5) is 0 Å². The number of carbonyl (C=O) groups excluding carboxylic acids is 1. The normalized spacial score (nSPS) is 16.3. The number of carbonyl (C=O) groups is 1. The summed E-state index contributed by atoms with van der Waals surface area (Å²) in [7, 11) is 0. The topological polar surface area (TPSA) is 60.7 Å². The second kappa shape index (κ2) is 8.98. The first-order valence-corrected chi connectivity index (χ1v) is 12.7. The Kier molecular flexibility index (Phi) is 6.31. The quantitative estimate of drug-likeness (QED) is 0.419. The number of hydrogen-bond donors (Lipinski definition) is 0. The average Bonchev–Trinajstić information content (AvgIpc) is 3.30. The fourth-order valence-electron chi connectivity index (χ4n) is 3.54. The predicted molar refractivity (Wildman–Crippen MR) is 128 cm³/mol. The van der Waals surface area contributed by atoms with E-state index in [0.717, 1.165) is 20.9 Å². The molecule has 0 saturated carbocycles. The fraction of sp³-hybridized carbons (Fsp3) is 0.261. The van der Waals surface area contributed by atoms with E-state index in [-0.39, 0.29) is 12.2 Å². The molecule has 0 amide bonds. The van der Waals surface area contributed by atoms with Gasteiger partial charge in [-0.15, -0.1) is 23.1 Å². The van der Waals surface area contributed by atoms with Crippen LogP contribution in [-0.4, -0.2) is 23.4 Å². The van der Waals surface area contributed by atoms with Crippen LogP contribution in [0, 0.1) is 6.92 Å². The monoisotopic (exact) mass is 470 g/mol. The molecule has 31 heavy (non-hydrogen) atoms. The van der Waals surface area contributed by atoms with E-state index in [1.54, 1.807) is 41.5 Å². The molecule has 0 aliphatic carbocycles. The lowest BCUT2D eigenvalue weighted by atomic mass is 9.96. The zero-order valence-corrected chi connectivity index (χ0v) is 20.1. The van der Waals surface area contributed by atoms with Crippen LogP contribution in [-0.2, 0) is 9.53 Å². The molecule has 0 N–H and O–H groups in total. The highest BCUT2D eigenvalue weighted by Gasteiger charge is 2.33. The zero-order chi connectivity index (χ0) is 22.1. The smallest absolute Gasteiger partial charge is 0.338 e. The van der Waals surface area contributed by atoms with Crippen molar-refractivity contribution in [2.45, 2.75) is 31.7 Å². The van der Waals surface area contributed by atoms with Gasteiger partial charge in [-0.1, -0.05) is 23.5 Å². The van der Waals surface area contributed by atoms with Crippen molar-refractivity contribution in [3.8, 4) is 0 Å². The highest BCUT2D eigenvalue weighted by Crippen LogP contribution is 2.31. The van der Waals surface area contributed by atoms with Gasteiger partial charge in [-0.2, -0.15) is 0 Å². The molecule has 1 unspecified atom stereocenters. The van der Waals surface area contributed by atoms with E-state index in [0.29, 0.717) is 20.6 Å². The minimum absolute atomic E-state index is 0.148. The van der Waals surface area contributed by atoms with Crippen molar-refractivity contribution in [2.24, 2.45) is 4.99 Å². The maximum absolute atomic E-state index is 13.5. The molecular weight excluding hydrogens is 448 g/mol. The number of aryl methyl sites for hydroxylation is 1. The molecule has 5 nitrogen and oxygen atoms in total. The number of thiophene rings is 1. The van der Waals surface area contributed by atoms with Gasteiger partial charge in [0, 0.05) is 9.77 Å². The maximum Gasteiger partial charge on any atom is 0.338 e. The Morgan fingerprint density at radius 2 is 2.00 bits per heavy atom. The molecule has 1 aromatic carbocycles. The minimum Gasteiger partial charge on any atom is -0.463 e. The first kappa shape index (κ1) is 21.8. The van der Waals surface area contributed by atoms with Gasteiger partial charge in [0.2, 0.25) is 0 Å². The summed E-state index contributed by atoms with van der Waals surface area (Å²) in [6, 6.07) is 9.40. The molecule has 160 valence electrons. The molecule has 3 heterocycles. The molecule has 2 aromatic heterocycles. The van der Waals surface area contributed by atoms with Gasteiger partial charge in [-0.25, -0.2) is 9.79 Å². The second-order valence-corrected chi connectivity index (χ2v) is 9.88. The molecule has 0 spiro atoms. The summed E-state index contributed by atoms with van der Waals surface area (Å²) in [5.41, 5.74) is 2.82. The van der Waals surface area contributed by atoms with Gasteiger partial charge >= 0.3 is 5.97 Å². The molecule has 4 rings (SSSR count). The summed E-state index contributed by atoms with van der Waals surface area (Å²) >= 11 is 4.59. The van der Waals surface area contributed by atoms with Crippen molar-refractivity contribution in [3.05, 3.63) is 82.7 Å². The first-order chi connectivity index (χ1) is 14.9. The van der Waals surface area contributed by atoms with Crippen LogP contribution >= 0.6 is 34.4 Å². The molecule has 1 aliphatic rings. The van der Waals surface area contributed by atoms with Gasteiger partial charge in [0.05, 0.1) is 28.5 Å². The van der Waals surface area contributed by atoms with Crippen molar-refractivity contribution in [1.29, 1.82) is 0 Å². The van der Waals surface area contributed by atoms with E-state index in [9.17, 15) is 9.59 Å². The molecule has 0 bridgehead atoms. The van der Waals surface area contributed by atoms with Gasteiger partial charge < -0.3 is 4.74 Å². The molecule has 1 aliphatic heterocycles. The lowest BCUT2D eigenvalue weighted by Gasteiger charge is -2.24. The molecular formula is C23H22N2O3S3. The van der Waals surface area contributed by atoms with Crippen molar-refractivity contribution < 1.29 is 9.53 Å². The van der Waals surface area contributed by atoms with Crippen LogP contribution < -0.4 is 14.9 Å². The third kappa shape index (κ3) is 4.07. The molecule has 3 aromatic rings. The molecule has 0 fully saturated rings. The average molecular weight is 471 g/mol. The van der Waals surface area contributed by atoms with E-state index in [1.165, 1.54) is 11.3 Å². The van der Waals surface area contributed by atoms with Gasteiger partial charge in [0.15, 0.2) is 4.80 Å². The molecule has 1 atom stereocenters. The number of rotatable bonds is 5. The summed E-state index contributed by atoms with van der Waals surface area (Å²) in [5, 5.41) is 2.01. The summed E-state index contributed by atoms with van der Waals surface area (Å²) < 4.78 is 7.57. The van der Waals surface area contributed by atoms with Gasteiger partial charge in [-0.3, -0.25) is 9.36 Å². The van der Waals surface area contributed by atoms with E-state index >= 15 is 0 Å². The van der Waals surface area contributed by atoms with Crippen LogP contribution in [0.15, 0.2) is 61.7 Å². The predicted octanol–water partition coefficient (Wildman–Crippen LogP) is 3.89. The third-order valence-electron chi connectivity index (χ3n) is 5.11. The SMILES string of the molecule is CCOC(=O)C1=C(C)N=c2sc(=Cc3sccc3C)c(=O)n2C1c1ccc(SC)cc1. The number of fused-ring (bicyclic) bond motifs is 1. The Labute approximate surface area is 192 Å².